The molecule has 17 heavy (non-hydrogen) atoms. The highest BCUT2D eigenvalue weighted by Crippen LogP contribution is 2.38. The number of fused-ring (bicyclic) bond motifs is 3. The maximum atomic E-state index is 11.8. The molecule has 0 radical (unpaired) electrons. The molecule has 6 heteroatoms. The first-order valence-electron chi connectivity index (χ1n) is 5.50. The summed E-state index contributed by atoms with van der Waals surface area (Å²) < 4.78 is 0. The van der Waals surface area contributed by atoms with Crippen molar-refractivity contribution in [2.75, 3.05) is 0 Å². The number of nitrogens with zero attached hydrogens (tertiary/aromatic N) is 1. The molecule has 0 fully saturated rings. The Morgan fingerprint density at radius 2 is 2.47 bits per heavy atom. The third-order valence-electron chi connectivity index (χ3n) is 3.13. The van der Waals surface area contributed by atoms with Gasteiger partial charge in [-0.3, -0.25) is 9.59 Å². The summed E-state index contributed by atoms with van der Waals surface area (Å²) in [5.74, 6) is 0. The smallest absolute Gasteiger partial charge is 0.259 e. The van der Waals surface area contributed by atoms with Crippen LogP contribution in [0.2, 0.25) is 0 Å². The quantitative estimate of drug-likeness (QED) is 0.783. The van der Waals surface area contributed by atoms with E-state index >= 15 is 0 Å². The summed E-state index contributed by atoms with van der Waals surface area (Å²) in [6.07, 6.45) is 4.95. The summed E-state index contributed by atoms with van der Waals surface area (Å²) >= 11 is 1.51. The van der Waals surface area contributed by atoms with E-state index in [1.165, 1.54) is 17.7 Å². The molecular weight excluding hydrogens is 238 g/mol. The van der Waals surface area contributed by atoms with Crippen molar-refractivity contribution in [3.05, 3.63) is 27.1 Å². The molecule has 0 aliphatic heterocycles. The maximum absolute atomic E-state index is 11.8. The van der Waals surface area contributed by atoms with Crippen LogP contribution in [0.15, 0.2) is 11.1 Å². The molecular formula is C11H11N3O2S. The van der Waals surface area contributed by atoms with E-state index in [0.717, 1.165) is 40.9 Å². The van der Waals surface area contributed by atoms with Gasteiger partial charge in [-0.15, -0.1) is 11.3 Å². The molecule has 1 atom stereocenters. The SMILES string of the molecule is O=CN[C@H]1CCCc2c1sc1nc[nH]c(=O)c21. The normalized spacial score (nSPS) is 18.9. The number of thiophene rings is 1. The Labute approximate surface area is 101 Å². The monoisotopic (exact) mass is 249 g/mol. The van der Waals surface area contributed by atoms with Gasteiger partial charge in [0.2, 0.25) is 6.41 Å². The van der Waals surface area contributed by atoms with Crippen LogP contribution in [0.5, 0.6) is 0 Å². The standard InChI is InChI=1S/C11H11N3O2S/c15-5-14-7-3-1-2-6-8-10(16)12-4-13-11(8)17-9(6)7/h4-5,7H,1-3H2,(H,14,15)(H,12,13,16)/t7-/m0/s1. The fourth-order valence-electron chi connectivity index (χ4n) is 2.40. The number of aromatic nitrogens is 2. The Hall–Kier alpha value is -1.69. The van der Waals surface area contributed by atoms with E-state index in [4.69, 9.17) is 0 Å². The van der Waals surface area contributed by atoms with Gasteiger partial charge in [-0.05, 0) is 24.8 Å². The second-order valence-electron chi connectivity index (χ2n) is 4.09. The first kappa shape index (κ1) is 10.5. The number of aryl methyl sites for hydroxylation is 1. The number of H-pyrrole nitrogens is 1. The Balaban J connectivity index is 2.25. The third-order valence-corrected chi connectivity index (χ3v) is 4.38. The number of nitrogens with one attached hydrogen (secondary N) is 2. The van der Waals surface area contributed by atoms with Crippen molar-refractivity contribution in [1.29, 1.82) is 0 Å². The highest BCUT2D eigenvalue weighted by atomic mass is 32.1. The molecule has 2 aromatic heterocycles. The van der Waals surface area contributed by atoms with E-state index in [1.54, 1.807) is 0 Å². The zero-order valence-corrected chi connectivity index (χ0v) is 9.84. The summed E-state index contributed by atoms with van der Waals surface area (Å²) in [5, 5.41) is 3.51. The highest BCUT2D eigenvalue weighted by molar-refractivity contribution is 7.18. The van der Waals surface area contributed by atoms with Gasteiger partial charge in [0.1, 0.15) is 4.83 Å². The highest BCUT2D eigenvalue weighted by Gasteiger charge is 2.25. The van der Waals surface area contributed by atoms with Gasteiger partial charge >= 0.3 is 0 Å². The van der Waals surface area contributed by atoms with Gasteiger partial charge in [0, 0.05) is 4.88 Å². The third kappa shape index (κ3) is 1.56. The van der Waals surface area contributed by atoms with E-state index in [9.17, 15) is 9.59 Å². The number of aromatic amines is 1. The predicted octanol–water partition coefficient (Wildman–Crippen LogP) is 1.11. The van der Waals surface area contributed by atoms with E-state index in [2.05, 4.69) is 15.3 Å². The molecule has 2 aromatic rings. The molecule has 5 nitrogen and oxygen atoms in total. The molecule has 0 aromatic carbocycles. The minimum atomic E-state index is -0.0840. The van der Waals surface area contributed by atoms with Gasteiger partial charge in [-0.2, -0.15) is 0 Å². The topological polar surface area (TPSA) is 74.8 Å². The summed E-state index contributed by atoms with van der Waals surface area (Å²) in [7, 11) is 0. The van der Waals surface area contributed by atoms with Crippen molar-refractivity contribution in [1.82, 2.24) is 15.3 Å². The van der Waals surface area contributed by atoms with Crippen molar-refractivity contribution >= 4 is 28.0 Å². The van der Waals surface area contributed by atoms with Crippen LogP contribution in [0.1, 0.15) is 29.3 Å². The number of carbonyl (C=O) groups excluding carboxylic acids is 1. The lowest BCUT2D eigenvalue weighted by Gasteiger charge is -2.21. The Kier molecular flexibility index (Phi) is 2.44. The van der Waals surface area contributed by atoms with Crippen LogP contribution < -0.4 is 10.9 Å². The van der Waals surface area contributed by atoms with Crippen molar-refractivity contribution in [2.24, 2.45) is 0 Å². The predicted molar refractivity (Wildman–Crippen MR) is 65.1 cm³/mol. The van der Waals surface area contributed by atoms with Crippen molar-refractivity contribution in [2.45, 2.75) is 25.3 Å². The Morgan fingerprint density at radius 1 is 1.59 bits per heavy atom. The molecule has 88 valence electrons. The average molecular weight is 249 g/mol. The molecule has 1 aliphatic rings. The molecule has 2 heterocycles. The fraction of sp³-hybridized carbons (Fsp3) is 0.364. The summed E-state index contributed by atoms with van der Waals surface area (Å²) in [6.45, 7) is 0. The minimum absolute atomic E-state index is 0.0369. The van der Waals surface area contributed by atoms with Crippen molar-refractivity contribution in [3.8, 4) is 0 Å². The van der Waals surface area contributed by atoms with Gasteiger partial charge in [0.05, 0.1) is 17.8 Å². The van der Waals surface area contributed by atoms with Gasteiger partial charge in [0.15, 0.2) is 0 Å². The molecule has 3 rings (SSSR count). The van der Waals surface area contributed by atoms with Gasteiger partial charge < -0.3 is 10.3 Å². The Morgan fingerprint density at radius 3 is 3.29 bits per heavy atom. The van der Waals surface area contributed by atoms with E-state index in [1.807, 2.05) is 0 Å². The number of hydrogen-bond acceptors (Lipinski definition) is 4. The number of rotatable bonds is 2. The van der Waals surface area contributed by atoms with Crippen LogP contribution in [0.4, 0.5) is 0 Å². The van der Waals surface area contributed by atoms with Crippen LogP contribution in [0.25, 0.3) is 10.2 Å². The lowest BCUT2D eigenvalue weighted by Crippen LogP contribution is -2.22. The van der Waals surface area contributed by atoms with E-state index in [0.29, 0.717) is 5.39 Å². The van der Waals surface area contributed by atoms with Gasteiger partial charge in [-0.25, -0.2) is 4.98 Å². The molecule has 0 spiro atoms. The maximum Gasteiger partial charge on any atom is 0.259 e. The lowest BCUT2D eigenvalue weighted by molar-refractivity contribution is -0.110. The number of amides is 1. The van der Waals surface area contributed by atoms with Crippen LogP contribution in [-0.2, 0) is 11.2 Å². The number of carbonyl (C=O) groups is 1. The molecule has 0 unspecified atom stereocenters. The van der Waals surface area contributed by atoms with Crippen LogP contribution in [0.3, 0.4) is 0 Å². The first-order valence-corrected chi connectivity index (χ1v) is 6.31. The van der Waals surface area contributed by atoms with Gasteiger partial charge in [0.25, 0.3) is 5.56 Å². The fourth-order valence-corrected chi connectivity index (χ4v) is 3.69. The van der Waals surface area contributed by atoms with E-state index in [-0.39, 0.29) is 11.6 Å². The average Bonchev–Trinajstić information content (AvgIpc) is 2.70. The second kappa shape index (κ2) is 3.96. The van der Waals surface area contributed by atoms with Gasteiger partial charge in [-0.1, -0.05) is 0 Å². The summed E-state index contributed by atoms with van der Waals surface area (Å²) in [5.41, 5.74) is 0.976. The van der Waals surface area contributed by atoms with Crippen molar-refractivity contribution < 1.29 is 4.79 Å². The lowest BCUT2D eigenvalue weighted by atomic mass is 9.93. The second-order valence-corrected chi connectivity index (χ2v) is 5.12. The molecule has 2 N–H and O–H groups in total. The first-order chi connectivity index (χ1) is 8.31. The zero-order chi connectivity index (χ0) is 11.8. The van der Waals surface area contributed by atoms with Crippen LogP contribution in [-0.4, -0.2) is 16.4 Å². The van der Waals surface area contributed by atoms with E-state index < -0.39 is 0 Å². The number of hydrogen-bond donors (Lipinski definition) is 2. The summed E-state index contributed by atoms with van der Waals surface area (Å²) in [6, 6.07) is 0.0369. The Bertz CT molecular complexity index is 631. The van der Waals surface area contributed by atoms with Crippen LogP contribution in [0, 0.1) is 0 Å². The van der Waals surface area contributed by atoms with Crippen LogP contribution >= 0.6 is 11.3 Å². The molecule has 1 aliphatic carbocycles. The molecule has 0 saturated carbocycles. The molecule has 1 amide bonds. The largest absolute Gasteiger partial charge is 0.351 e. The summed E-state index contributed by atoms with van der Waals surface area (Å²) in [4.78, 5) is 31.0. The molecule has 0 bridgehead atoms. The van der Waals surface area contributed by atoms with Crippen molar-refractivity contribution in [3.63, 3.8) is 0 Å². The molecule has 0 saturated heterocycles. The zero-order valence-electron chi connectivity index (χ0n) is 9.03. The minimum Gasteiger partial charge on any atom is -0.351 e.